The minimum absolute atomic E-state index is 0.826. The number of nitrogens with one attached hydrogen (secondary N) is 1. The first-order chi connectivity index (χ1) is 7.24. The summed E-state index contributed by atoms with van der Waals surface area (Å²) >= 11 is 7.57. The summed E-state index contributed by atoms with van der Waals surface area (Å²) in [7, 11) is 1.96. The maximum absolute atomic E-state index is 5.99. The van der Waals surface area contributed by atoms with Crippen LogP contribution in [0.2, 0.25) is 4.34 Å². The molecule has 1 aliphatic rings. The van der Waals surface area contributed by atoms with Gasteiger partial charge in [0.15, 0.2) is 5.82 Å². The summed E-state index contributed by atoms with van der Waals surface area (Å²) in [6, 6.07) is 1.99. The van der Waals surface area contributed by atoms with E-state index < -0.39 is 0 Å². The number of aryl methyl sites for hydroxylation is 1. The van der Waals surface area contributed by atoms with Crippen molar-refractivity contribution in [2.75, 3.05) is 11.9 Å². The summed E-state index contributed by atoms with van der Waals surface area (Å²) in [5.41, 5.74) is 0. The van der Waals surface area contributed by atoms with Gasteiger partial charge in [-0.3, -0.25) is 4.68 Å². The lowest BCUT2D eigenvalue weighted by Crippen LogP contribution is -2.04. The molecule has 0 unspecified atom stereocenters. The summed E-state index contributed by atoms with van der Waals surface area (Å²) in [5, 5.41) is 8.99. The Morgan fingerprint density at radius 1 is 1.67 bits per heavy atom. The molecule has 15 heavy (non-hydrogen) atoms. The molecule has 0 radical (unpaired) electrons. The third kappa shape index (κ3) is 1.72. The second-order valence-electron chi connectivity index (χ2n) is 4.07. The number of anilines is 1. The van der Waals surface area contributed by atoms with Crippen LogP contribution >= 0.6 is 22.9 Å². The maximum Gasteiger partial charge on any atom is 0.156 e. The Morgan fingerprint density at radius 2 is 2.47 bits per heavy atom. The largest absolute Gasteiger partial charge is 0.368 e. The summed E-state index contributed by atoms with van der Waals surface area (Å²) in [5.74, 6) is 1.83. The highest BCUT2D eigenvalue weighted by Gasteiger charge is 2.22. The molecular formula is C10H12ClN3S. The van der Waals surface area contributed by atoms with E-state index in [0.29, 0.717) is 0 Å². The molecule has 0 spiro atoms. The van der Waals surface area contributed by atoms with Gasteiger partial charge in [-0.2, -0.15) is 5.10 Å². The standard InChI is InChI=1S/C10H12ClN3S/c1-14-10-7(4-8(11)15-10)9(13-14)12-5-6-2-3-6/h4,6H,2-3,5H2,1H3,(H,12,13). The molecule has 1 N–H and O–H groups in total. The van der Waals surface area contributed by atoms with Gasteiger partial charge in [-0.1, -0.05) is 11.6 Å². The molecule has 5 heteroatoms. The van der Waals surface area contributed by atoms with Gasteiger partial charge in [-0.15, -0.1) is 11.3 Å². The summed E-state index contributed by atoms with van der Waals surface area (Å²) < 4.78 is 2.72. The number of nitrogens with zero attached hydrogens (tertiary/aromatic N) is 2. The predicted molar refractivity (Wildman–Crippen MR) is 64.8 cm³/mol. The lowest BCUT2D eigenvalue weighted by molar-refractivity contribution is 0.795. The van der Waals surface area contributed by atoms with Gasteiger partial charge in [0.1, 0.15) is 4.83 Å². The summed E-state index contributed by atoms with van der Waals surface area (Å²) in [6.45, 7) is 1.04. The zero-order valence-electron chi connectivity index (χ0n) is 8.46. The highest BCUT2D eigenvalue weighted by Crippen LogP contribution is 2.35. The molecule has 0 bridgehead atoms. The van der Waals surface area contributed by atoms with Gasteiger partial charge in [-0.05, 0) is 24.8 Å². The SMILES string of the molecule is Cn1nc(NCC2CC2)c2cc(Cl)sc21. The van der Waals surface area contributed by atoms with E-state index in [2.05, 4.69) is 10.4 Å². The number of hydrogen-bond acceptors (Lipinski definition) is 3. The van der Waals surface area contributed by atoms with E-state index in [1.807, 2.05) is 17.8 Å². The molecule has 0 atom stereocenters. The van der Waals surface area contributed by atoms with Crippen LogP contribution in [0.5, 0.6) is 0 Å². The fourth-order valence-corrected chi connectivity index (χ4v) is 2.83. The fraction of sp³-hybridized carbons (Fsp3) is 0.500. The van der Waals surface area contributed by atoms with Crippen LogP contribution in [-0.4, -0.2) is 16.3 Å². The van der Waals surface area contributed by atoms with Crippen LogP contribution in [0.25, 0.3) is 10.2 Å². The van der Waals surface area contributed by atoms with Gasteiger partial charge in [0.25, 0.3) is 0 Å². The molecule has 1 fully saturated rings. The van der Waals surface area contributed by atoms with Crippen LogP contribution in [0.15, 0.2) is 6.07 Å². The Bertz CT molecular complexity index is 498. The van der Waals surface area contributed by atoms with E-state index >= 15 is 0 Å². The molecule has 3 nitrogen and oxygen atoms in total. The number of rotatable bonds is 3. The number of fused-ring (bicyclic) bond motifs is 1. The van der Waals surface area contributed by atoms with Crippen molar-refractivity contribution in [1.29, 1.82) is 0 Å². The van der Waals surface area contributed by atoms with Crippen molar-refractivity contribution in [1.82, 2.24) is 9.78 Å². The van der Waals surface area contributed by atoms with E-state index in [0.717, 1.165) is 32.8 Å². The zero-order chi connectivity index (χ0) is 10.4. The topological polar surface area (TPSA) is 29.9 Å². The molecule has 0 aliphatic heterocycles. The second kappa shape index (κ2) is 3.39. The van der Waals surface area contributed by atoms with Crippen LogP contribution in [-0.2, 0) is 7.05 Å². The average molecular weight is 242 g/mol. The summed E-state index contributed by atoms with van der Waals surface area (Å²) in [6.07, 6.45) is 2.71. The first-order valence-corrected chi connectivity index (χ1v) is 6.29. The lowest BCUT2D eigenvalue weighted by Gasteiger charge is -1.99. The van der Waals surface area contributed by atoms with Gasteiger partial charge in [0.05, 0.1) is 9.72 Å². The normalized spacial score (nSPS) is 16.1. The number of thiophene rings is 1. The Hall–Kier alpha value is -0.740. The molecule has 2 heterocycles. The minimum Gasteiger partial charge on any atom is -0.368 e. The van der Waals surface area contributed by atoms with E-state index in [-0.39, 0.29) is 0 Å². The Labute approximate surface area is 97.0 Å². The Balaban J connectivity index is 1.93. The first-order valence-electron chi connectivity index (χ1n) is 5.10. The number of halogens is 1. The molecule has 1 saturated carbocycles. The van der Waals surface area contributed by atoms with Crippen molar-refractivity contribution in [3.8, 4) is 0 Å². The Kier molecular flexibility index (Phi) is 2.14. The monoisotopic (exact) mass is 241 g/mol. The van der Waals surface area contributed by atoms with E-state index in [4.69, 9.17) is 11.6 Å². The molecule has 1 aliphatic carbocycles. The van der Waals surface area contributed by atoms with E-state index in [9.17, 15) is 0 Å². The van der Waals surface area contributed by atoms with E-state index in [1.165, 1.54) is 12.8 Å². The van der Waals surface area contributed by atoms with Crippen LogP contribution in [0, 0.1) is 5.92 Å². The smallest absolute Gasteiger partial charge is 0.156 e. The molecule has 3 rings (SSSR count). The third-order valence-corrected chi connectivity index (χ3v) is 4.07. The predicted octanol–water partition coefficient (Wildman–Crippen LogP) is 3.11. The number of hydrogen-bond donors (Lipinski definition) is 1. The van der Waals surface area contributed by atoms with Crippen molar-refractivity contribution in [2.45, 2.75) is 12.8 Å². The van der Waals surface area contributed by atoms with Gasteiger partial charge >= 0.3 is 0 Å². The van der Waals surface area contributed by atoms with Crippen LogP contribution in [0.1, 0.15) is 12.8 Å². The van der Waals surface area contributed by atoms with Crippen molar-refractivity contribution in [3.05, 3.63) is 10.4 Å². The minimum atomic E-state index is 0.826. The van der Waals surface area contributed by atoms with Crippen LogP contribution in [0.4, 0.5) is 5.82 Å². The molecule has 2 aromatic heterocycles. The Morgan fingerprint density at radius 3 is 3.20 bits per heavy atom. The average Bonchev–Trinajstić information content (AvgIpc) is 2.88. The molecule has 0 saturated heterocycles. The number of aromatic nitrogens is 2. The third-order valence-electron chi connectivity index (χ3n) is 2.74. The first kappa shape index (κ1) is 9.48. The van der Waals surface area contributed by atoms with Gasteiger partial charge < -0.3 is 5.32 Å². The van der Waals surface area contributed by atoms with Gasteiger partial charge in [-0.25, -0.2) is 0 Å². The fourth-order valence-electron chi connectivity index (χ4n) is 1.70. The van der Waals surface area contributed by atoms with Crippen molar-refractivity contribution < 1.29 is 0 Å². The molecule has 0 amide bonds. The van der Waals surface area contributed by atoms with Crippen molar-refractivity contribution >= 4 is 39.0 Å². The van der Waals surface area contributed by atoms with Crippen LogP contribution < -0.4 is 5.32 Å². The van der Waals surface area contributed by atoms with Crippen molar-refractivity contribution in [3.63, 3.8) is 0 Å². The van der Waals surface area contributed by atoms with Gasteiger partial charge in [0.2, 0.25) is 0 Å². The zero-order valence-corrected chi connectivity index (χ0v) is 10.0. The van der Waals surface area contributed by atoms with E-state index in [1.54, 1.807) is 11.3 Å². The van der Waals surface area contributed by atoms with Crippen molar-refractivity contribution in [2.24, 2.45) is 13.0 Å². The molecule has 80 valence electrons. The van der Waals surface area contributed by atoms with Gasteiger partial charge in [0, 0.05) is 13.6 Å². The molecule has 2 aromatic rings. The lowest BCUT2D eigenvalue weighted by atomic mass is 10.3. The summed E-state index contributed by atoms with van der Waals surface area (Å²) in [4.78, 5) is 1.14. The highest BCUT2D eigenvalue weighted by atomic mass is 35.5. The maximum atomic E-state index is 5.99. The highest BCUT2D eigenvalue weighted by molar-refractivity contribution is 7.22. The quantitative estimate of drug-likeness (QED) is 0.895. The second-order valence-corrected chi connectivity index (χ2v) is 5.73. The molecular weight excluding hydrogens is 230 g/mol. The van der Waals surface area contributed by atoms with Crippen LogP contribution in [0.3, 0.4) is 0 Å². The molecule has 0 aromatic carbocycles.